The highest BCUT2D eigenvalue weighted by Crippen LogP contribution is 2.32. The minimum Gasteiger partial charge on any atom is -0.316 e. The average molecular weight is 551 g/mol. The molecule has 0 spiro atoms. The van der Waals surface area contributed by atoms with Crippen LogP contribution in [0.25, 0.3) is 16.6 Å². The largest absolute Gasteiger partial charge is 0.416 e. The van der Waals surface area contributed by atoms with E-state index in [1.807, 2.05) is 41.2 Å². The third-order valence-electron chi connectivity index (χ3n) is 7.72. The van der Waals surface area contributed by atoms with Gasteiger partial charge >= 0.3 is 6.18 Å². The number of aromatic nitrogens is 2. The van der Waals surface area contributed by atoms with Crippen molar-refractivity contribution in [3.63, 3.8) is 0 Å². The molecule has 2 heterocycles. The van der Waals surface area contributed by atoms with E-state index in [9.17, 15) is 13.2 Å². The minimum atomic E-state index is -4.38. The number of hydrogen-bond acceptors (Lipinski definition) is 3. The molecule has 0 saturated heterocycles. The number of unbranched alkanes of at least 4 members (excludes halogenated alkanes) is 1. The van der Waals surface area contributed by atoms with E-state index in [2.05, 4.69) is 47.8 Å². The summed E-state index contributed by atoms with van der Waals surface area (Å²) in [5.41, 5.74) is 3.02. The molecule has 4 nitrogen and oxygen atoms in total. The van der Waals surface area contributed by atoms with Gasteiger partial charge < -0.3 is 9.47 Å². The fourth-order valence-corrected chi connectivity index (χ4v) is 5.58. The van der Waals surface area contributed by atoms with Crippen molar-refractivity contribution in [2.24, 2.45) is 0 Å². The summed E-state index contributed by atoms with van der Waals surface area (Å²) in [5.74, 6) is 0. The van der Waals surface area contributed by atoms with Crippen LogP contribution in [0.5, 0.6) is 0 Å². The lowest BCUT2D eigenvalue weighted by atomic mass is 10.1. The van der Waals surface area contributed by atoms with Crippen molar-refractivity contribution in [3.8, 4) is 5.69 Å². The second kappa shape index (κ2) is 14.0. The van der Waals surface area contributed by atoms with Crippen molar-refractivity contribution < 1.29 is 13.2 Å². The van der Waals surface area contributed by atoms with Gasteiger partial charge in [-0.15, -0.1) is 0 Å². The molecule has 0 saturated carbocycles. The van der Waals surface area contributed by atoms with Gasteiger partial charge in [0, 0.05) is 48.8 Å². The molecule has 40 heavy (non-hydrogen) atoms. The maximum Gasteiger partial charge on any atom is 0.416 e. The molecular weight excluding hydrogens is 509 g/mol. The van der Waals surface area contributed by atoms with Crippen LogP contribution >= 0.6 is 0 Å². The van der Waals surface area contributed by atoms with E-state index in [-0.39, 0.29) is 0 Å². The van der Waals surface area contributed by atoms with Crippen LogP contribution in [-0.2, 0) is 19.3 Å². The first-order chi connectivity index (χ1) is 19.3. The van der Waals surface area contributed by atoms with Gasteiger partial charge in [-0.05, 0) is 87.3 Å². The lowest BCUT2D eigenvalue weighted by Crippen LogP contribution is -2.32. The van der Waals surface area contributed by atoms with Gasteiger partial charge in [-0.3, -0.25) is 9.88 Å². The Hall–Kier alpha value is -3.16. The molecule has 7 heteroatoms. The molecule has 0 aliphatic rings. The van der Waals surface area contributed by atoms with Crippen LogP contribution in [0, 0.1) is 0 Å². The standard InChI is InChI=1S/C33H41F3N4/c1-4-12-29(5-2)38(3)19-8-9-20-39(23-26-13-11-18-37-22-26)24-27-25-40(32-17-7-6-16-31(27)32)30-15-10-14-28(21-30)33(34,35)36/h6-7,10-11,13-18,21-22,25,29H,4-5,8-9,12,19-20,23-24H2,1-3H3. The molecule has 0 aliphatic carbocycles. The zero-order chi connectivity index (χ0) is 28.5. The van der Waals surface area contributed by atoms with Crippen LogP contribution in [0.3, 0.4) is 0 Å². The number of pyridine rings is 1. The first kappa shape index (κ1) is 29.8. The molecule has 1 unspecified atom stereocenters. The summed E-state index contributed by atoms with van der Waals surface area (Å²) < 4.78 is 42.3. The van der Waals surface area contributed by atoms with Gasteiger partial charge in [0.25, 0.3) is 0 Å². The number of alkyl halides is 3. The SMILES string of the molecule is CCCC(CC)N(C)CCCCN(Cc1cccnc1)Cc1cn(-c2cccc(C(F)(F)F)c2)c2ccccc12. The van der Waals surface area contributed by atoms with Crippen LogP contribution < -0.4 is 0 Å². The van der Waals surface area contributed by atoms with Gasteiger partial charge in [0.2, 0.25) is 0 Å². The van der Waals surface area contributed by atoms with E-state index in [4.69, 9.17) is 0 Å². The summed E-state index contributed by atoms with van der Waals surface area (Å²) in [6.07, 6.45) is 7.10. The van der Waals surface area contributed by atoms with Crippen LogP contribution in [0.2, 0.25) is 0 Å². The zero-order valence-corrected chi connectivity index (χ0v) is 23.9. The summed E-state index contributed by atoms with van der Waals surface area (Å²) in [6, 6.07) is 18.2. The van der Waals surface area contributed by atoms with Crippen LogP contribution in [0.4, 0.5) is 13.2 Å². The fraction of sp³-hybridized carbons (Fsp3) is 0.424. The van der Waals surface area contributed by atoms with Crippen LogP contribution in [0.1, 0.15) is 62.6 Å². The van der Waals surface area contributed by atoms with Crippen molar-refractivity contribution in [2.75, 3.05) is 20.1 Å². The van der Waals surface area contributed by atoms with Gasteiger partial charge in [0.05, 0.1) is 11.1 Å². The van der Waals surface area contributed by atoms with Gasteiger partial charge in [-0.25, -0.2) is 0 Å². The third-order valence-corrected chi connectivity index (χ3v) is 7.72. The zero-order valence-electron chi connectivity index (χ0n) is 23.9. The molecule has 0 aliphatic heterocycles. The molecule has 0 amide bonds. The van der Waals surface area contributed by atoms with E-state index in [1.165, 1.54) is 31.4 Å². The summed E-state index contributed by atoms with van der Waals surface area (Å²) >= 11 is 0. The first-order valence-corrected chi connectivity index (χ1v) is 14.4. The van der Waals surface area contributed by atoms with Crippen molar-refractivity contribution in [1.82, 2.24) is 19.4 Å². The van der Waals surface area contributed by atoms with Gasteiger partial charge in [-0.2, -0.15) is 13.2 Å². The van der Waals surface area contributed by atoms with Crippen LogP contribution in [0.15, 0.2) is 79.3 Å². The average Bonchev–Trinajstić information content (AvgIpc) is 3.32. The van der Waals surface area contributed by atoms with Gasteiger partial charge in [-0.1, -0.05) is 50.6 Å². The number of para-hydroxylation sites is 1. The van der Waals surface area contributed by atoms with Crippen molar-refractivity contribution in [1.29, 1.82) is 0 Å². The predicted octanol–water partition coefficient (Wildman–Crippen LogP) is 8.34. The Balaban J connectivity index is 1.55. The smallest absolute Gasteiger partial charge is 0.316 e. The number of halogens is 3. The number of nitrogens with zero attached hydrogens (tertiary/aromatic N) is 4. The van der Waals surface area contributed by atoms with E-state index in [1.54, 1.807) is 12.3 Å². The molecule has 0 bridgehead atoms. The highest BCUT2D eigenvalue weighted by Gasteiger charge is 2.30. The number of fused-ring (bicyclic) bond motifs is 1. The topological polar surface area (TPSA) is 24.3 Å². The highest BCUT2D eigenvalue weighted by atomic mass is 19.4. The van der Waals surface area contributed by atoms with Crippen LogP contribution in [-0.4, -0.2) is 45.5 Å². The van der Waals surface area contributed by atoms with Gasteiger partial charge in [0.15, 0.2) is 0 Å². The lowest BCUT2D eigenvalue weighted by Gasteiger charge is -2.27. The molecule has 214 valence electrons. The Morgan fingerprint density at radius 2 is 1.73 bits per heavy atom. The molecule has 2 aromatic heterocycles. The minimum absolute atomic E-state index is 0.511. The Bertz CT molecular complexity index is 1330. The summed E-state index contributed by atoms with van der Waals surface area (Å²) in [4.78, 5) is 9.23. The van der Waals surface area contributed by atoms with Gasteiger partial charge in [0.1, 0.15) is 0 Å². The van der Waals surface area contributed by atoms with Crippen molar-refractivity contribution in [3.05, 3.63) is 95.9 Å². The molecule has 4 aromatic rings. The second-order valence-corrected chi connectivity index (χ2v) is 10.7. The quantitative estimate of drug-likeness (QED) is 0.148. The molecule has 2 aromatic carbocycles. The summed E-state index contributed by atoms with van der Waals surface area (Å²) in [5, 5.41) is 1.06. The maximum absolute atomic E-state index is 13.5. The molecule has 0 fully saturated rings. The number of benzene rings is 2. The van der Waals surface area contributed by atoms with E-state index in [0.717, 1.165) is 60.6 Å². The Morgan fingerprint density at radius 3 is 2.45 bits per heavy atom. The normalized spacial score (nSPS) is 13.0. The monoisotopic (exact) mass is 550 g/mol. The fourth-order valence-electron chi connectivity index (χ4n) is 5.58. The Kier molecular flexibility index (Phi) is 10.4. The second-order valence-electron chi connectivity index (χ2n) is 10.7. The Morgan fingerprint density at radius 1 is 0.925 bits per heavy atom. The number of rotatable bonds is 14. The van der Waals surface area contributed by atoms with E-state index >= 15 is 0 Å². The highest BCUT2D eigenvalue weighted by molar-refractivity contribution is 5.85. The summed E-state index contributed by atoms with van der Waals surface area (Å²) in [7, 11) is 2.24. The maximum atomic E-state index is 13.5. The predicted molar refractivity (Wildman–Crippen MR) is 157 cm³/mol. The molecular formula is C33H41F3N4. The van der Waals surface area contributed by atoms with E-state index in [0.29, 0.717) is 18.3 Å². The Labute approximate surface area is 236 Å². The number of hydrogen-bond donors (Lipinski definition) is 0. The first-order valence-electron chi connectivity index (χ1n) is 14.4. The molecule has 0 radical (unpaired) electrons. The van der Waals surface area contributed by atoms with Crippen molar-refractivity contribution >= 4 is 10.9 Å². The summed E-state index contributed by atoms with van der Waals surface area (Å²) in [6.45, 7) is 7.98. The lowest BCUT2D eigenvalue weighted by molar-refractivity contribution is -0.137. The molecule has 4 rings (SSSR count). The van der Waals surface area contributed by atoms with Crippen molar-refractivity contribution in [2.45, 2.75) is 71.3 Å². The van der Waals surface area contributed by atoms with E-state index < -0.39 is 11.7 Å². The molecule has 1 atom stereocenters. The molecule has 0 N–H and O–H groups in total. The third kappa shape index (κ3) is 7.73.